The van der Waals surface area contributed by atoms with Gasteiger partial charge in [-0.25, -0.2) is 0 Å². The molecule has 1 fully saturated rings. The van der Waals surface area contributed by atoms with Gasteiger partial charge in [0.25, 0.3) is 0 Å². The van der Waals surface area contributed by atoms with Crippen molar-refractivity contribution in [3.63, 3.8) is 0 Å². The lowest BCUT2D eigenvalue weighted by Gasteiger charge is -2.22. The molecule has 2 aromatic carbocycles. The molecule has 0 saturated heterocycles. The molecule has 0 spiro atoms. The van der Waals surface area contributed by atoms with Gasteiger partial charge in [0.1, 0.15) is 0 Å². The minimum absolute atomic E-state index is 0.128. The molecule has 1 aliphatic carbocycles. The smallest absolute Gasteiger partial charge is 0.185 e. The Bertz CT molecular complexity index is 915. The van der Waals surface area contributed by atoms with Gasteiger partial charge in [-0.1, -0.05) is 66.1 Å². The third-order valence-corrected chi connectivity index (χ3v) is 4.53. The third-order valence-electron chi connectivity index (χ3n) is 4.53. The molecular weight excluding hydrogens is 322 g/mol. The normalized spacial score (nSPS) is 20.2. The van der Waals surface area contributed by atoms with Crippen molar-refractivity contribution in [1.29, 1.82) is 0 Å². The van der Waals surface area contributed by atoms with Crippen LogP contribution in [0.25, 0.3) is 22.6 Å². The Morgan fingerprint density at radius 1 is 0.962 bits per heavy atom. The lowest BCUT2D eigenvalue weighted by molar-refractivity contribution is -0.113. The SMILES string of the molecule is Cc1ccc(/C=C2\CC(C)C/C(=C\c3ccc(N=[N+]=[N-])cc3)C2=O)cc1. The van der Waals surface area contributed by atoms with Crippen LogP contribution in [-0.2, 0) is 4.79 Å². The van der Waals surface area contributed by atoms with Crippen molar-refractivity contribution in [3.8, 4) is 0 Å². The fourth-order valence-electron chi connectivity index (χ4n) is 3.22. The summed E-state index contributed by atoms with van der Waals surface area (Å²) in [6.45, 7) is 4.23. The molecule has 26 heavy (non-hydrogen) atoms. The highest BCUT2D eigenvalue weighted by molar-refractivity contribution is 6.14. The maximum absolute atomic E-state index is 12.9. The van der Waals surface area contributed by atoms with Crippen molar-refractivity contribution < 1.29 is 4.79 Å². The molecule has 4 heteroatoms. The summed E-state index contributed by atoms with van der Waals surface area (Å²) in [5.41, 5.74) is 13.9. The van der Waals surface area contributed by atoms with Crippen molar-refractivity contribution >= 4 is 23.6 Å². The minimum Gasteiger partial charge on any atom is -0.289 e. The van der Waals surface area contributed by atoms with Crippen molar-refractivity contribution in [1.82, 2.24) is 0 Å². The van der Waals surface area contributed by atoms with E-state index in [0.29, 0.717) is 11.6 Å². The van der Waals surface area contributed by atoms with Gasteiger partial charge in [0, 0.05) is 21.7 Å². The number of hydrogen-bond donors (Lipinski definition) is 0. The van der Waals surface area contributed by atoms with Gasteiger partial charge in [0.15, 0.2) is 5.78 Å². The Morgan fingerprint density at radius 2 is 1.46 bits per heavy atom. The topological polar surface area (TPSA) is 65.8 Å². The van der Waals surface area contributed by atoms with Crippen LogP contribution in [0.15, 0.2) is 64.8 Å². The molecule has 4 nitrogen and oxygen atoms in total. The second kappa shape index (κ2) is 7.85. The van der Waals surface area contributed by atoms with Crippen LogP contribution >= 0.6 is 0 Å². The lowest BCUT2D eigenvalue weighted by Crippen LogP contribution is -2.18. The molecule has 1 atom stereocenters. The lowest BCUT2D eigenvalue weighted by atomic mass is 9.81. The largest absolute Gasteiger partial charge is 0.289 e. The molecule has 0 bridgehead atoms. The van der Waals surface area contributed by atoms with Crippen LogP contribution in [-0.4, -0.2) is 5.78 Å². The van der Waals surface area contributed by atoms with Gasteiger partial charge in [-0.05, 0) is 54.5 Å². The number of carbonyl (C=O) groups is 1. The van der Waals surface area contributed by atoms with Gasteiger partial charge in [0.2, 0.25) is 0 Å². The molecule has 0 N–H and O–H groups in total. The first kappa shape index (κ1) is 17.7. The number of aryl methyl sites for hydroxylation is 1. The van der Waals surface area contributed by atoms with Crippen LogP contribution in [0.2, 0.25) is 0 Å². The number of carbonyl (C=O) groups excluding carboxylic acids is 1. The Kier molecular flexibility index (Phi) is 5.35. The van der Waals surface area contributed by atoms with E-state index in [1.165, 1.54) is 5.56 Å². The van der Waals surface area contributed by atoms with E-state index >= 15 is 0 Å². The Hall–Kier alpha value is -3.10. The van der Waals surface area contributed by atoms with Crippen molar-refractivity contribution in [2.75, 3.05) is 0 Å². The molecule has 1 aliphatic rings. The molecule has 0 heterocycles. The van der Waals surface area contributed by atoms with E-state index in [1.807, 2.05) is 36.4 Å². The van der Waals surface area contributed by atoms with Gasteiger partial charge in [0.05, 0.1) is 0 Å². The second-order valence-electron chi connectivity index (χ2n) is 6.87. The van der Waals surface area contributed by atoms with E-state index in [-0.39, 0.29) is 5.78 Å². The van der Waals surface area contributed by atoms with Crippen LogP contribution in [0.3, 0.4) is 0 Å². The van der Waals surface area contributed by atoms with Crippen molar-refractivity contribution in [3.05, 3.63) is 86.8 Å². The maximum atomic E-state index is 12.9. The van der Waals surface area contributed by atoms with E-state index in [4.69, 9.17) is 5.53 Å². The van der Waals surface area contributed by atoms with E-state index in [1.54, 1.807) is 12.1 Å². The van der Waals surface area contributed by atoms with Gasteiger partial charge in [-0.15, -0.1) is 0 Å². The van der Waals surface area contributed by atoms with E-state index in [0.717, 1.165) is 35.1 Å². The molecule has 2 aromatic rings. The summed E-state index contributed by atoms with van der Waals surface area (Å²) in [5, 5.41) is 3.57. The predicted octanol–water partition coefficient (Wildman–Crippen LogP) is 6.40. The predicted molar refractivity (Wildman–Crippen MR) is 106 cm³/mol. The Morgan fingerprint density at radius 3 is 1.96 bits per heavy atom. The Balaban J connectivity index is 1.88. The highest BCUT2D eigenvalue weighted by atomic mass is 16.1. The molecule has 1 saturated carbocycles. The summed E-state index contributed by atoms with van der Waals surface area (Å²) >= 11 is 0. The molecule has 1 unspecified atom stereocenters. The number of ketones is 1. The number of hydrogen-bond acceptors (Lipinski definition) is 2. The van der Waals surface area contributed by atoms with Crippen LogP contribution in [0.4, 0.5) is 5.69 Å². The van der Waals surface area contributed by atoms with Gasteiger partial charge < -0.3 is 0 Å². The quantitative estimate of drug-likeness (QED) is 0.275. The Labute approximate surface area is 153 Å². The summed E-state index contributed by atoms with van der Waals surface area (Å²) in [4.78, 5) is 15.7. The van der Waals surface area contributed by atoms with Crippen molar-refractivity contribution in [2.45, 2.75) is 26.7 Å². The summed E-state index contributed by atoms with van der Waals surface area (Å²) in [6.07, 6.45) is 5.54. The number of benzene rings is 2. The molecule has 130 valence electrons. The zero-order chi connectivity index (χ0) is 18.5. The fraction of sp³-hybridized carbons (Fsp3) is 0.227. The molecule has 0 aromatic heterocycles. The van der Waals surface area contributed by atoms with Crippen LogP contribution in [0.5, 0.6) is 0 Å². The summed E-state index contributed by atoms with van der Waals surface area (Å²) < 4.78 is 0. The molecule has 0 aliphatic heterocycles. The van der Waals surface area contributed by atoms with Gasteiger partial charge >= 0.3 is 0 Å². The first-order valence-corrected chi connectivity index (χ1v) is 8.73. The van der Waals surface area contributed by atoms with E-state index < -0.39 is 0 Å². The van der Waals surface area contributed by atoms with E-state index in [2.05, 4.69) is 36.0 Å². The zero-order valence-corrected chi connectivity index (χ0v) is 15.0. The van der Waals surface area contributed by atoms with Gasteiger partial charge in [-0.3, -0.25) is 4.79 Å². The number of nitrogens with zero attached hydrogens (tertiary/aromatic N) is 3. The summed E-state index contributed by atoms with van der Waals surface area (Å²) in [6, 6.07) is 15.5. The first-order valence-electron chi connectivity index (χ1n) is 8.73. The van der Waals surface area contributed by atoms with Crippen molar-refractivity contribution in [2.24, 2.45) is 11.0 Å². The number of azide groups is 1. The summed E-state index contributed by atoms with van der Waals surface area (Å²) in [5.74, 6) is 0.556. The highest BCUT2D eigenvalue weighted by Gasteiger charge is 2.25. The molecule has 0 radical (unpaired) electrons. The molecule has 0 amide bonds. The zero-order valence-electron chi connectivity index (χ0n) is 15.0. The summed E-state index contributed by atoms with van der Waals surface area (Å²) in [7, 11) is 0. The fourth-order valence-corrected chi connectivity index (χ4v) is 3.22. The average molecular weight is 343 g/mol. The first-order chi connectivity index (χ1) is 12.5. The highest BCUT2D eigenvalue weighted by Crippen LogP contribution is 2.32. The number of rotatable bonds is 3. The number of allylic oxidation sites excluding steroid dienone is 2. The van der Waals surface area contributed by atoms with E-state index in [9.17, 15) is 4.79 Å². The minimum atomic E-state index is 0.128. The van der Waals surface area contributed by atoms with Gasteiger partial charge in [-0.2, -0.15) is 0 Å². The van der Waals surface area contributed by atoms with Crippen LogP contribution in [0.1, 0.15) is 36.5 Å². The number of Topliss-reactive ketones (excluding diaryl/α,β-unsaturated/α-hetero) is 1. The average Bonchev–Trinajstić information content (AvgIpc) is 2.63. The second-order valence-corrected chi connectivity index (χ2v) is 6.87. The third kappa shape index (κ3) is 4.29. The van der Waals surface area contributed by atoms with Crippen LogP contribution < -0.4 is 0 Å². The molecular formula is C22H21N3O. The standard InChI is InChI=1S/C22H21N3O/c1-15-3-5-17(6-4-15)13-19-11-16(2)12-20(22(19)26)14-18-7-9-21(10-8-18)24-25-23/h3-10,13-14,16H,11-12H2,1-2H3/b19-13+,20-14+. The van der Waals surface area contributed by atoms with Crippen LogP contribution in [0, 0.1) is 12.8 Å². The monoisotopic (exact) mass is 343 g/mol. The maximum Gasteiger partial charge on any atom is 0.185 e. The molecule has 3 rings (SSSR count).